The summed E-state index contributed by atoms with van der Waals surface area (Å²) < 4.78 is 5.02. The molecule has 5 nitrogen and oxygen atoms in total. The van der Waals surface area contributed by atoms with E-state index in [1.54, 1.807) is 7.11 Å². The van der Waals surface area contributed by atoms with Crippen LogP contribution in [0.3, 0.4) is 0 Å². The Balaban J connectivity index is 0. The van der Waals surface area contributed by atoms with E-state index in [9.17, 15) is 0 Å². The number of halogens is 1. The fourth-order valence-electron chi connectivity index (χ4n) is 1.36. The van der Waals surface area contributed by atoms with Crippen molar-refractivity contribution < 1.29 is 4.74 Å². The van der Waals surface area contributed by atoms with Crippen LogP contribution < -0.4 is 0 Å². The summed E-state index contributed by atoms with van der Waals surface area (Å²) in [5.74, 6) is 1.00. The first-order valence-corrected chi connectivity index (χ1v) is 5.55. The Bertz CT molecular complexity index is 200. The molecule has 0 aromatic heterocycles. The second-order valence-electron chi connectivity index (χ2n) is 4.27. The molecule has 0 aromatic rings. The van der Waals surface area contributed by atoms with Gasteiger partial charge in [-0.2, -0.15) is 0 Å². The summed E-state index contributed by atoms with van der Waals surface area (Å²) in [7, 11) is 11.8. The lowest BCUT2D eigenvalue weighted by molar-refractivity contribution is 0.162. The fourth-order valence-corrected chi connectivity index (χ4v) is 1.36. The lowest BCUT2D eigenvalue weighted by atomic mass is 10.5. The minimum atomic E-state index is 0. The van der Waals surface area contributed by atoms with Gasteiger partial charge in [0.15, 0.2) is 5.96 Å². The van der Waals surface area contributed by atoms with E-state index in [-0.39, 0.29) is 24.0 Å². The Labute approximate surface area is 123 Å². The average molecular weight is 358 g/mol. The van der Waals surface area contributed by atoms with Crippen molar-refractivity contribution in [2.45, 2.75) is 0 Å². The van der Waals surface area contributed by atoms with Gasteiger partial charge >= 0.3 is 0 Å². The Kier molecular flexibility index (Phi) is 12.5. The number of methoxy groups -OCH3 is 1. The second kappa shape index (κ2) is 11.0. The van der Waals surface area contributed by atoms with Crippen molar-refractivity contribution in [1.82, 2.24) is 14.7 Å². The molecule has 0 bridgehead atoms. The van der Waals surface area contributed by atoms with E-state index in [1.807, 2.05) is 38.0 Å². The minimum absolute atomic E-state index is 0. The zero-order chi connectivity index (χ0) is 12.6. The molecule has 0 amide bonds. The van der Waals surface area contributed by atoms with Crippen molar-refractivity contribution in [3.63, 3.8) is 0 Å². The third kappa shape index (κ3) is 9.61. The smallest absolute Gasteiger partial charge is 0.195 e. The largest absolute Gasteiger partial charge is 0.383 e. The normalized spacial score (nSPS) is 9.82. The van der Waals surface area contributed by atoms with Gasteiger partial charge in [0.05, 0.1) is 13.2 Å². The van der Waals surface area contributed by atoms with Gasteiger partial charge < -0.3 is 19.4 Å². The van der Waals surface area contributed by atoms with Gasteiger partial charge in [-0.25, -0.2) is 0 Å². The molecule has 0 heterocycles. The molecule has 0 spiro atoms. The van der Waals surface area contributed by atoms with Gasteiger partial charge in [-0.1, -0.05) is 0 Å². The van der Waals surface area contributed by atoms with Crippen molar-refractivity contribution >= 4 is 29.9 Å². The second-order valence-corrected chi connectivity index (χ2v) is 4.27. The number of guanidine groups is 1. The molecule has 0 rings (SSSR count). The highest BCUT2D eigenvalue weighted by molar-refractivity contribution is 14.0. The summed E-state index contributed by atoms with van der Waals surface area (Å²) in [5.41, 5.74) is 0. The maximum Gasteiger partial charge on any atom is 0.195 e. The maximum atomic E-state index is 5.02. The quantitative estimate of drug-likeness (QED) is 0.397. The number of nitrogens with zero attached hydrogens (tertiary/aromatic N) is 4. The van der Waals surface area contributed by atoms with Gasteiger partial charge in [0.1, 0.15) is 0 Å². The lowest BCUT2D eigenvalue weighted by Crippen LogP contribution is -2.36. The maximum absolute atomic E-state index is 5.02. The highest BCUT2D eigenvalue weighted by Gasteiger charge is 2.03. The molecule has 0 aliphatic carbocycles. The van der Waals surface area contributed by atoms with Crippen LogP contribution in [0.4, 0.5) is 0 Å². The minimum Gasteiger partial charge on any atom is -0.383 e. The first kappa shape index (κ1) is 19.3. The van der Waals surface area contributed by atoms with Gasteiger partial charge in [-0.3, -0.25) is 4.99 Å². The predicted molar refractivity (Wildman–Crippen MR) is 84.5 cm³/mol. The Hall–Kier alpha value is -0.0800. The summed E-state index contributed by atoms with van der Waals surface area (Å²) in [5, 5.41) is 0. The molecule has 0 aliphatic heterocycles. The highest BCUT2D eigenvalue weighted by atomic mass is 127. The van der Waals surface area contributed by atoms with Gasteiger partial charge in [0.2, 0.25) is 0 Å². The van der Waals surface area contributed by atoms with Crippen LogP contribution in [0.1, 0.15) is 0 Å². The monoisotopic (exact) mass is 358 g/mol. The molecule has 0 atom stereocenters. The van der Waals surface area contributed by atoms with Gasteiger partial charge in [-0.05, 0) is 7.05 Å². The van der Waals surface area contributed by atoms with E-state index in [4.69, 9.17) is 4.74 Å². The van der Waals surface area contributed by atoms with E-state index < -0.39 is 0 Å². The van der Waals surface area contributed by atoms with Crippen LogP contribution in [0.25, 0.3) is 0 Å². The molecule has 6 heteroatoms. The SMILES string of the molecule is COCCN(C)CCN=C(N(C)C)N(C)C.I. The Morgan fingerprint density at radius 3 is 1.94 bits per heavy atom. The highest BCUT2D eigenvalue weighted by Crippen LogP contribution is 1.90. The van der Waals surface area contributed by atoms with E-state index >= 15 is 0 Å². The summed E-state index contributed by atoms with van der Waals surface area (Å²) in [6.07, 6.45) is 0. The topological polar surface area (TPSA) is 31.3 Å². The summed E-state index contributed by atoms with van der Waals surface area (Å²) in [6.45, 7) is 3.49. The molecular formula is C11H27IN4O. The number of aliphatic imine (C=N–C) groups is 1. The summed E-state index contributed by atoms with van der Waals surface area (Å²) >= 11 is 0. The van der Waals surface area contributed by atoms with E-state index in [2.05, 4.69) is 16.9 Å². The average Bonchev–Trinajstić information content (AvgIpc) is 2.20. The number of rotatable bonds is 6. The van der Waals surface area contributed by atoms with Crippen LogP contribution in [0.2, 0.25) is 0 Å². The molecule has 0 N–H and O–H groups in total. The van der Waals surface area contributed by atoms with Crippen LogP contribution in [0.15, 0.2) is 4.99 Å². The number of likely N-dealkylation sites (N-methyl/N-ethyl adjacent to an activating group) is 1. The summed E-state index contributed by atoms with van der Waals surface area (Å²) in [4.78, 5) is 10.8. The number of ether oxygens (including phenoxy) is 1. The van der Waals surface area contributed by atoms with Crippen molar-refractivity contribution in [2.75, 3.05) is 68.6 Å². The molecule has 0 aliphatic rings. The molecule has 0 saturated heterocycles. The number of hydrogen-bond acceptors (Lipinski definition) is 3. The Morgan fingerprint density at radius 2 is 1.53 bits per heavy atom. The van der Waals surface area contributed by atoms with Crippen LogP contribution in [-0.4, -0.2) is 89.2 Å². The third-order valence-corrected chi connectivity index (χ3v) is 2.21. The zero-order valence-electron chi connectivity index (χ0n) is 11.9. The van der Waals surface area contributed by atoms with Gasteiger partial charge in [0.25, 0.3) is 0 Å². The van der Waals surface area contributed by atoms with Crippen LogP contribution in [0, 0.1) is 0 Å². The fraction of sp³-hybridized carbons (Fsp3) is 0.909. The molecule has 0 radical (unpaired) electrons. The van der Waals surface area contributed by atoms with Gasteiger partial charge in [0, 0.05) is 48.4 Å². The van der Waals surface area contributed by atoms with Crippen molar-refractivity contribution in [3.05, 3.63) is 0 Å². The summed E-state index contributed by atoms with van der Waals surface area (Å²) in [6, 6.07) is 0. The predicted octanol–water partition coefficient (Wildman–Crippen LogP) is 0.662. The van der Waals surface area contributed by atoms with Crippen LogP contribution >= 0.6 is 24.0 Å². The molecule has 104 valence electrons. The molecule has 0 saturated carbocycles. The third-order valence-electron chi connectivity index (χ3n) is 2.21. The first-order chi connectivity index (χ1) is 7.49. The molecular weight excluding hydrogens is 331 g/mol. The standard InChI is InChI=1S/C11H26N4O.HI/c1-13(2)11(14(3)4)12-7-8-15(5)9-10-16-6;/h7-10H2,1-6H3;1H. The zero-order valence-corrected chi connectivity index (χ0v) is 14.3. The van der Waals surface area contributed by atoms with Crippen LogP contribution in [-0.2, 0) is 4.74 Å². The van der Waals surface area contributed by atoms with Crippen LogP contribution in [0.5, 0.6) is 0 Å². The Morgan fingerprint density at radius 1 is 1.00 bits per heavy atom. The molecule has 0 fully saturated rings. The van der Waals surface area contributed by atoms with Gasteiger partial charge in [-0.15, -0.1) is 24.0 Å². The van der Waals surface area contributed by atoms with E-state index in [1.165, 1.54) is 0 Å². The van der Waals surface area contributed by atoms with Crippen molar-refractivity contribution in [3.8, 4) is 0 Å². The molecule has 0 unspecified atom stereocenters. The van der Waals surface area contributed by atoms with E-state index in [0.717, 1.165) is 32.2 Å². The van der Waals surface area contributed by atoms with E-state index in [0.29, 0.717) is 0 Å². The molecule has 17 heavy (non-hydrogen) atoms. The first-order valence-electron chi connectivity index (χ1n) is 5.55. The van der Waals surface area contributed by atoms with Crippen molar-refractivity contribution in [2.24, 2.45) is 4.99 Å². The van der Waals surface area contributed by atoms with Crippen molar-refractivity contribution in [1.29, 1.82) is 0 Å². The lowest BCUT2D eigenvalue weighted by Gasteiger charge is -2.23. The number of hydrogen-bond donors (Lipinski definition) is 0. The molecule has 0 aromatic carbocycles.